The first kappa shape index (κ1) is 14.5. The molecule has 1 saturated heterocycles. The quantitative estimate of drug-likeness (QED) is 0.729. The molecule has 0 bridgehead atoms. The lowest BCUT2D eigenvalue weighted by atomic mass is 10.2. The van der Waals surface area contributed by atoms with E-state index in [-0.39, 0.29) is 17.7 Å². The highest BCUT2D eigenvalue weighted by atomic mass is 16.6. The number of nitrogens with one attached hydrogen (secondary N) is 1. The fourth-order valence-electron chi connectivity index (χ4n) is 1.55. The van der Waals surface area contributed by atoms with Gasteiger partial charge >= 0.3 is 12.1 Å². The number of amides is 1. The van der Waals surface area contributed by atoms with Crippen LogP contribution in [0.1, 0.15) is 40.0 Å². The third-order valence-electron chi connectivity index (χ3n) is 2.31. The molecule has 0 unspecified atom stereocenters. The van der Waals surface area contributed by atoms with Crippen LogP contribution in [0.15, 0.2) is 11.6 Å². The highest BCUT2D eigenvalue weighted by Gasteiger charge is 2.20. The minimum atomic E-state index is -0.361. The third kappa shape index (κ3) is 5.70. The summed E-state index contributed by atoms with van der Waals surface area (Å²) >= 11 is 0. The Hall–Kier alpha value is -1.52. The van der Waals surface area contributed by atoms with E-state index in [4.69, 9.17) is 4.74 Å². The molecule has 102 valence electrons. The predicted octanol–water partition coefficient (Wildman–Crippen LogP) is 2.16. The van der Waals surface area contributed by atoms with Gasteiger partial charge in [0.25, 0.3) is 0 Å². The molecule has 5 heteroatoms. The summed E-state index contributed by atoms with van der Waals surface area (Å²) in [5.41, 5.74) is 0.491. The molecule has 0 atom stereocenters. The first-order valence-corrected chi connectivity index (χ1v) is 6.21. The summed E-state index contributed by atoms with van der Waals surface area (Å²) in [5, 5.41) is 2.46. The highest BCUT2D eigenvalue weighted by Crippen LogP contribution is 2.21. The molecule has 1 heterocycles. The summed E-state index contributed by atoms with van der Waals surface area (Å²) in [6, 6.07) is 0. The molecule has 1 amide bonds. The molecule has 0 spiro atoms. The average molecular weight is 255 g/mol. The van der Waals surface area contributed by atoms with Gasteiger partial charge in [0, 0.05) is 5.57 Å². The van der Waals surface area contributed by atoms with Crippen molar-refractivity contribution in [2.75, 3.05) is 13.2 Å². The minimum absolute atomic E-state index is 0.139. The van der Waals surface area contributed by atoms with Crippen molar-refractivity contribution >= 4 is 12.1 Å². The molecule has 0 saturated carbocycles. The van der Waals surface area contributed by atoms with Crippen molar-refractivity contribution in [3.63, 3.8) is 0 Å². The molecule has 1 N–H and O–H groups in total. The number of alkyl carbamates (subject to hydrolysis) is 1. The van der Waals surface area contributed by atoms with Crippen LogP contribution in [0.25, 0.3) is 0 Å². The van der Waals surface area contributed by atoms with Crippen LogP contribution in [0.2, 0.25) is 0 Å². The number of carbonyl (C=O) groups is 2. The van der Waals surface area contributed by atoms with E-state index < -0.39 is 0 Å². The van der Waals surface area contributed by atoms with Crippen molar-refractivity contribution < 1.29 is 19.1 Å². The van der Waals surface area contributed by atoms with E-state index >= 15 is 0 Å². The number of hydrogen-bond acceptors (Lipinski definition) is 4. The number of rotatable bonds is 1. The van der Waals surface area contributed by atoms with E-state index in [1.54, 1.807) is 0 Å². The van der Waals surface area contributed by atoms with Crippen molar-refractivity contribution in [1.82, 2.24) is 5.32 Å². The Morgan fingerprint density at radius 2 is 2.17 bits per heavy atom. The first-order chi connectivity index (χ1) is 8.38. The molecule has 18 heavy (non-hydrogen) atoms. The molecule has 1 aliphatic heterocycles. The number of hydrogen-bond donors (Lipinski definition) is 1. The Labute approximate surface area is 108 Å². The molecule has 0 aromatic rings. The Kier molecular flexibility index (Phi) is 5.19. The third-order valence-corrected chi connectivity index (χ3v) is 2.31. The number of esters is 1. The molecule has 0 aromatic carbocycles. The number of carbonyl (C=O) groups excluding carboxylic acids is 2. The molecule has 0 radical (unpaired) electrons. The zero-order valence-corrected chi connectivity index (χ0v) is 11.2. The number of ether oxygens (including phenoxy) is 2. The van der Waals surface area contributed by atoms with Gasteiger partial charge in [-0.2, -0.15) is 0 Å². The van der Waals surface area contributed by atoms with Crippen molar-refractivity contribution in [2.24, 2.45) is 0 Å². The van der Waals surface area contributed by atoms with Crippen LogP contribution in [0.3, 0.4) is 0 Å². The number of cyclic esters (lactones) is 1. The largest absolute Gasteiger partial charge is 0.457 e. The Balaban J connectivity index is 0.000000225. The van der Waals surface area contributed by atoms with Crippen molar-refractivity contribution in [2.45, 2.75) is 45.6 Å². The SMILES string of the molecule is CC(C)(C)OC(=O)C1=CCCC1.O=C1NCCO1. The van der Waals surface area contributed by atoms with E-state index in [0.29, 0.717) is 13.2 Å². The molecule has 1 fully saturated rings. The lowest BCUT2D eigenvalue weighted by molar-refractivity contribution is -0.149. The summed E-state index contributed by atoms with van der Waals surface area (Å²) in [6.45, 7) is 6.86. The van der Waals surface area contributed by atoms with E-state index in [1.165, 1.54) is 0 Å². The van der Waals surface area contributed by atoms with Gasteiger partial charge in [0.2, 0.25) is 0 Å². The van der Waals surface area contributed by atoms with Gasteiger partial charge in [-0.25, -0.2) is 9.59 Å². The van der Waals surface area contributed by atoms with Gasteiger partial charge in [-0.15, -0.1) is 0 Å². The second kappa shape index (κ2) is 6.42. The van der Waals surface area contributed by atoms with Gasteiger partial charge in [-0.3, -0.25) is 0 Å². The van der Waals surface area contributed by atoms with E-state index in [2.05, 4.69) is 10.1 Å². The van der Waals surface area contributed by atoms with Crippen LogP contribution >= 0.6 is 0 Å². The summed E-state index contributed by atoms with van der Waals surface area (Å²) in [4.78, 5) is 21.3. The van der Waals surface area contributed by atoms with Crippen LogP contribution in [-0.2, 0) is 14.3 Å². The molecule has 5 nitrogen and oxygen atoms in total. The van der Waals surface area contributed by atoms with Crippen LogP contribution < -0.4 is 5.32 Å². The predicted molar refractivity (Wildman–Crippen MR) is 67.1 cm³/mol. The molecular formula is C13H21NO4. The Bertz CT molecular complexity index is 333. The summed E-state index contributed by atoms with van der Waals surface area (Å²) < 4.78 is 9.62. The summed E-state index contributed by atoms with van der Waals surface area (Å²) in [6.07, 6.45) is 4.68. The summed E-state index contributed by atoms with van der Waals surface area (Å²) in [5.74, 6) is -0.139. The minimum Gasteiger partial charge on any atom is -0.457 e. The van der Waals surface area contributed by atoms with E-state index in [1.807, 2.05) is 26.8 Å². The van der Waals surface area contributed by atoms with Crippen LogP contribution in [-0.4, -0.2) is 30.8 Å². The fraction of sp³-hybridized carbons (Fsp3) is 0.692. The molecular weight excluding hydrogens is 234 g/mol. The first-order valence-electron chi connectivity index (χ1n) is 6.21. The summed E-state index contributed by atoms with van der Waals surface area (Å²) in [7, 11) is 0. The fourth-order valence-corrected chi connectivity index (χ4v) is 1.55. The van der Waals surface area contributed by atoms with Crippen molar-refractivity contribution in [3.8, 4) is 0 Å². The monoisotopic (exact) mass is 255 g/mol. The maximum atomic E-state index is 11.4. The molecule has 1 aliphatic carbocycles. The highest BCUT2D eigenvalue weighted by molar-refractivity contribution is 5.89. The van der Waals surface area contributed by atoms with Gasteiger partial charge in [-0.1, -0.05) is 6.08 Å². The topological polar surface area (TPSA) is 64.6 Å². The second-order valence-electron chi connectivity index (χ2n) is 5.19. The lowest BCUT2D eigenvalue weighted by Crippen LogP contribution is -2.24. The smallest absolute Gasteiger partial charge is 0.407 e. The lowest BCUT2D eigenvalue weighted by Gasteiger charge is -2.19. The van der Waals surface area contributed by atoms with Crippen LogP contribution in [0, 0.1) is 0 Å². The van der Waals surface area contributed by atoms with E-state index in [0.717, 1.165) is 24.8 Å². The zero-order chi connectivity index (χ0) is 13.6. The molecule has 0 aromatic heterocycles. The van der Waals surface area contributed by atoms with Crippen molar-refractivity contribution in [3.05, 3.63) is 11.6 Å². The van der Waals surface area contributed by atoms with Gasteiger partial charge in [-0.05, 0) is 40.0 Å². The van der Waals surface area contributed by atoms with Gasteiger partial charge < -0.3 is 14.8 Å². The van der Waals surface area contributed by atoms with Gasteiger partial charge in [0.1, 0.15) is 12.2 Å². The standard InChI is InChI=1S/C10H16O2.C3H5NO2/c1-10(2,3)12-9(11)8-6-4-5-7-8;5-3-4-1-2-6-3/h6H,4-5,7H2,1-3H3;1-2H2,(H,4,5). The van der Waals surface area contributed by atoms with Gasteiger partial charge in [0.15, 0.2) is 0 Å². The van der Waals surface area contributed by atoms with Gasteiger partial charge in [0.05, 0.1) is 6.54 Å². The number of allylic oxidation sites excluding steroid dienone is 1. The zero-order valence-electron chi connectivity index (χ0n) is 11.2. The van der Waals surface area contributed by atoms with Crippen LogP contribution in [0.5, 0.6) is 0 Å². The molecule has 2 rings (SSSR count). The Morgan fingerprint density at radius 1 is 1.44 bits per heavy atom. The molecule has 2 aliphatic rings. The normalized spacial score (nSPS) is 18.2. The maximum Gasteiger partial charge on any atom is 0.407 e. The van der Waals surface area contributed by atoms with Crippen LogP contribution in [0.4, 0.5) is 4.79 Å². The Morgan fingerprint density at radius 3 is 2.50 bits per heavy atom. The van der Waals surface area contributed by atoms with E-state index in [9.17, 15) is 9.59 Å². The van der Waals surface area contributed by atoms with Crippen molar-refractivity contribution in [1.29, 1.82) is 0 Å². The maximum absolute atomic E-state index is 11.4. The average Bonchev–Trinajstić information content (AvgIpc) is 2.86. The second-order valence-corrected chi connectivity index (χ2v) is 5.19.